The van der Waals surface area contributed by atoms with Crippen molar-refractivity contribution in [1.82, 2.24) is 9.97 Å². The third-order valence-corrected chi connectivity index (χ3v) is 2.30. The molecule has 5 heteroatoms. The number of nitrogens with zero attached hydrogens (tertiary/aromatic N) is 2. The molecule has 0 saturated carbocycles. The monoisotopic (exact) mass is 220 g/mol. The Morgan fingerprint density at radius 2 is 1.92 bits per heavy atom. The van der Waals surface area contributed by atoms with Crippen molar-refractivity contribution in [2.24, 2.45) is 0 Å². The van der Waals surface area contributed by atoms with Gasteiger partial charge in [-0.3, -0.25) is 0 Å². The Hall–Kier alpha value is -0.380. The molecule has 1 N–H and O–H groups in total. The highest BCUT2D eigenvalue weighted by molar-refractivity contribution is 6.34. The second-order valence-electron chi connectivity index (χ2n) is 2.82. The molecule has 0 spiro atoms. The van der Waals surface area contributed by atoms with Crippen LogP contribution in [0, 0.1) is 0 Å². The molecule has 1 atom stereocenters. The number of aliphatic hydroxyl groups is 1. The molecule has 0 fully saturated rings. The highest BCUT2D eigenvalue weighted by Crippen LogP contribution is 2.21. The summed E-state index contributed by atoms with van der Waals surface area (Å²) in [7, 11) is 0. The van der Waals surface area contributed by atoms with Gasteiger partial charge in [0.1, 0.15) is 16.6 Å². The quantitative estimate of drug-likeness (QED) is 0.795. The molecule has 0 aliphatic rings. The number of hydrogen-bond acceptors (Lipinski definition) is 3. The fourth-order valence-electron chi connectivity index (χ4n) is 0.931. The zero-order chi connectivity index (χ0) is 9.84. The molecular formula is C8H10Cl2N2O. The van der Waals surface area contributed by atoms with Crippen LogP contribution in [-0.2, 0) is 6.42 Å². The fraction of sp³-hybridized carbons (Fsp3) is 0.500. The molecule has 3 nitrogen and oxygen atoms in total. The molecule has 1 heterocycles. The second kappa shape index (κ2) is 4.74. The summed E-state index contributed by atoms with van der Waals surface area (Å²) in [5.41, 5.74) is 0.701. The molecule has 0 aliphatic carbocycles. The van der Waals surface area contributed by atoms with Crippen molar-refractivity contribution in [3.05, 3.63) is 22.2 Å². The smallest absolute Gasteiger partial charge is 0.137 e. The van der Waals surface area contributed by atoms with E-state index in [9.17, 15) is 0 Å². The summed E-state index contributed by atoms with van der Waals surface area (Å²) in [5.74, 6) is 0. The number of rotatable bonds is 3. The van der Waals surface area contributed by atoms with Crippen LogP contribution >= 0.6 is 23.2 Å². The van der Waals surface area contributed by atoms with E-state index in [-0.39, 0.29) is 6.10 Å². The van der Waals surface area contributed by atoms with Crippen LogP contribution in [0.25, 0.3) is 0 Å². The minimum Gasteiger partial charge on any atom is -0.393 e. The summed E-state index contributed by atoms with van der Waals surface area (Å²) in [4.78, 5) is 7.61. The number of aliphatic hydroxyl groups excluding tert-OH is 1. The van der Waals surface area contributed by atoms with E-state index in [0.29, 0.717) is 28.7 Å². The molecule has 13 heavy (non-hydrogen) atoms. The van der Waals surface area contributed by atoms with Crippen molar-refractivity contribution < 1.29 is 5.11 Å². The van der Waals surface area contributed by atoms with Crippen LogP contribution in [0.4, 0.5) is 0 Å². The van der Waals surface area contributed by atoms with Crippen LogP contribution in [-0.4, -0.2) is 21.2 Å². The average molecular weight is 221 g/mol. The molecule has 72 valence electrons. The molecule has 0 aliphatic heterocycles. The zero-order valence-corrected chi connectivity index (χ0v) is 8.68. The maximum atomic E-state index is 9.07. The molecule has 0 radical (unpaired) electrons. The predicted octanol–water partition coefficient (Wildman–Crippen LogP) is 2.10. The summed E-state index contributed by atoms with van der Waals surface area (Å²) >= 11 is 11.6. The molecular weight excluding hydrogens is 211 g/mol. The van der Waals surface area contributed by atoms with E-state index in [2.05, 4.69) is 9.97 Å². The minimum atomic E-state index is -0.368. The van der Waals surface area contributed by atoms with Gasteiger partial charge < -0.3 is 5.11 Å². The zero-order valence-electron chi connectivity index (χ0n) is 7.17. The molecule has 0 aromatic carbocycles. The van der Waals surface area contributed by atoms with Gasteiger partial charge in [-0.25, -0.2) is 9.97 Å². The van der Waals surface area contributed by atoms with Crippen molar-refractivity contribution >= 4 is 23.2 Å². The van der Waals surface area contributed by atoms with Gasteiger partial charge in [0.05, 0.1) is 6.10 Å². The average Bonchev–Trinajstić information content (AvgIpc) is 2.03. The molecule has 0 saturated heterocycles. The fourth-order valence-corrected chi connectivity index (χ4v) is 1.43. The van der Waals surface area contributed by atoms with E-state index in [1.807, 2.05) is 0 Å². The van der Waals surface area contributed by atoms with E-state index in [0.717, 1.165) is 0 Å². The van der Waals surface area contributed by atoms with E-state index in [1.54, 1.807) is 6.92 Å². The molecule has 1 rings (SSSR count). The SMILES string of the molecule is CC(O)CCc1c(Cl)ncnc1Cl. The number of hydrogen-bond donors (Lipinski definition) is 1. The lowest BCUT2D eigenvalue weighted by Crippen LogP contribution is -2.03. The van der Waals surface area contributed by atoms with Crippen LogP contribution in [0.5, 0.6) is 0 Å². The summed E-state index contributed by atoms with van der Waals surface area (Å²) in [6, 6.07) is 0. The molecule has 1 unspecified atom stereocenters. The maximum absolute atomic E-state index is 9.07. The lowest BCUT2D eigenvalue weighted by molar-refractivity contribution is 0.185. The van der Waals surface area contributed by atoms with Crippen LogP contribution in [0.3, 0.4) is 0 Å². The first kappa shape index (κ1) is 10.7. The minimum absolute atomic E-state index is 0.362. The molecule has 0 bridgehead atoms. The van der Waals surface area contributed by atoms with Gasteiger partial charge in [-0.1, -0.05) is 23.2 Å². The van der Waals surface area contributed by atoms with Crippen LogP contribution in [0.1, 0.15) is 18.9 Å². The Kier molecular flexibility index (Phi) is 3.90. The maximum Gasteiger partial charge on any atom is 0.137 e. The van der Waals surface area contributed by atoms with Gasteiger partial charge in [-0.2, -0.15) is 0 Å². The van der Waals surface area contributed by atoms with Crippen molar-refractivity contribution in [2.75, 3.05) is 0 Å². The lowest BCUT2D eigenvalue weighted by atomic mass is 10.1. The Bertz CT molecular complexity index is 271. The first-order chi connectivity index (χ1) is 6.11. The molecule has 1 aromatic heterocycles. The predicted molar refractivity (Wildman–Crippen MR) is 52.1 cm³/mol. The Balaban J connectivity index is 2.75. The first-order valence-corrected chi connectivity index (χ1v) is 4.69. The van der Waals surface area contributed by atoms with Crippen molar-refractivity contribution in [1.29, 1.82) is 0 Å². The van der Waals surface area contributed by atoms with Gasteiger partial charge in [-0.15, -0.1) is 0 Å². The topological polar surface area (TPSA) is 46.0 Å². The van der Waals surface area contributed by atoms with Crippen LogP contribution < -0.4 is 0 Å². The highest BCUT2D eigenvalue weighted by Gasteiger charge is 2.08. The van der Waals surface area contributed by atoms with Crippen molar-refractivity contribution in [2.45, 2.75) is 25.9 Å². The van der Waals surface area contributed by atoms with Gasteiger partial charge in [-0.05, 0) is 19.8 Å². The van der Waals surface area contributed by atoms with E-state index in [4.69, 9.17) is 28.3 Å². The highest BCUT2D eigenvalue weighted by atomic mass is 35.5. The molecule has 0 amide bonds. The summed E-state index contributed by atoms with van der Waals surface area (Å²) in [6.45, 7) is 1.71. The third-order valence-electron chi connectivity index (χ3n) is 1.65. The van der Waals surface area contributed by atoms with Crippen molar-refractivity contribution in [3.8, 4) is 0 Å². The molecule has 1 aromatic rings. The normalized spacial score (nSPS) is 12.9. The second-order valence-corrected chi connectivity index (χ2v) is 3.54. The third kappa shape index (κ3) is 3.10. The van der Waals surface area contributed by atoms with Gasteiger partial charge >= 0.3 is 0 Å². The van der Waals surface area contributed by atoms with Crippen LogP contribution in [0.2, 0.25) is 10.3 Å². The Labute approximate surface area is 86.7 Å². The first-order valence-electron chi connectivity index (χ1n) is 3.94. The summed E-state index contributed by atoms with van der Waals surface area (Å²) < 4.78 is 0. The largest absolute Gasteiger partial charge is 0.393 e. The van der Waals surface area contributed by atoms with Crippen molar-refractivity contribution in [3.63, 3.8) is 0 Å². The van der Waals surface area contributed by atoms with E-state index in [1.165, 1.54) is 6.33 Å². The summed E-state index contributed by atoms with van der Waals surface area (Å²) in [5, 5.41) is 9.79. The van der Waals surface area contributed by atoms with Gasteiger partial charge in [0.15, 0.2) is 0 Å². The standard InChI is InChI=1S/C8H10Cl2N2O/c1-5(13)2-3-6-7(9)11-4-12-8(6)10/h4-5,13H,2-3H2,1H3. The Morgan fingerprint density at radius 3 is 2.38 bits per heavy atom. The van der Waals surface area contributed by atoms with E-state index < -0.39 is 0 Å². The van der Waals surface area contributed by atoms with Gasteiger partial charge in [0.25, 0.3) is 0 Å². The van der Waals surface area contributed by atoms with E-state index >= 15 is 0 Å². The number of halogens is 2. The van der Waals surface area contributed by atoms with Crippen LogP contribution in [0.15, 0.2) is 6.33 Å². The number of aromatic nitrogens is 2. The lowest BCUT2D eigenvalue weighted by Gasteiger charge is -2.06. The summed E-state index contributed by atoms with van der Waals surface area (Å²) in [6.07, 6.45) is 2.15. The van der Waals surface area contributed by atoms with Gasteiger partial charge in [0.2, 0.25) is 0 Å². The Morgan fingerprint density at radius 1 is 1.38 bits per heavy atom. The van der Waals surface area contributed by atoms with Gasteiger partial charge in [0, 0.05) is 5.56 Å².